The number of fused-ring (bicyclic) bond motifs is 1. The molecule has 1 aliphatic heterocycles. The predicted octanol–water partition coefficient (Wildman–Crippen LogP) is -0.496. The highest BCUT2D eigenvalue weighted by molar-refractivity contribution is 6.01. The topological polar surface area (TPSA) is 65.4 Å². The fraction of sp³-hybridized carbons (Fsp3) is 0.222. The van der Waals surface area contributed by atoms with Crippen LogP contribution in [0.3, 0.4) is 0 Å². The molecule has 0 aliphatic carbocycles. The van der Waals surface area contributed by atoms with E-state index in [-0.39, 0.29) is 29.5 Å². The Kier molecular flexibility index (Phi) is 5.98. The van der Waals surface area contributed by atoms with Crippen LogP contribution in [-0.4, -0.2) is 23.4 Å². The van der Waals surface area contributed by atoms with Crippen molar-refractivity contribution in [1.29, 1.82) is 5.41 Å². The number of nitrogens with zero attached hydrogens (tertiary/aromatic N) is 1. The van der Waals surface area contributed by atoms with Crippen molar-refractivity contribution in [3.05, 3.63) is 65.2 Å². The lowest BCUT2D eigenvalue weighted by Crippen LogP contribution is -3.00. The Labute approximate surface area is 151 Å². The van der Waals surface area contributed by atoms with E-state index in [9.17, 15) is 4.79 Å². The lowest BCUT2D eigenvalue weighted by atomic mass is 10.1. The molecule has 1 amide bonds. The second-order valence-corrected chi connectivity index (χ2v) is 5.41. The van der Waals surface area contributed by atoms with Crippen LogP contribution in [0.25, 0.3) is 0 Å². The van der Waals surface area contributed by atoms with Gasteiger partial charge in [0.1, 0.15) is 11.6 Å². The number of aryl methyl sites for hydroxylation is 1. The largest absolute Gasteiger partial charge is 1.00 e. The van der Waals surface area contributed by atoms with Crippen LogP contribution in [-0.2, 0) is 17.8 Å². The maximum absolute atomic E-state index is 12.0. The summed E-state index contributed by atoms with van der Waals surface area (Å²) in [6, 6.07) is 15.4. The van der Waals surface area contributed by atoms with E-state index >= 15 is 0 Å². The number of carbonyl (C=O) groups excluding carboxylic acids is 1. The lowest BCUT2D eigenvalue weighted by molar-refractivity contribution is -0.126. The van der Waals surface area contributed by atoms with E-state index in [2.05, 4.69) is 12.3 Å². The SMILES string of the molecule is CCc1ccc(OCC(=O)NN2Cc3ccccc3C2=N)cc1.[Br-]. The highest BCUT2D eigenvalue weighted by Crippen LogP contribution is 2.20. The third kappa shape index (κ3) is 3.94. The number of amides is 1. The van der Waals surface area contributed by atoms with Crippen molar-refractivity contribution in [2.45, 2.75) is 19.9 Å². The maximum Gasteiger partial charge on any atom is 0.276 e. The van der Waals surface area contributed by atoms with Gasteiger partial charge >= 0.3 is 0 Å². The van der Waals surface area contributed by atoms with Gasteiger partial charge in [-0.1, -0.05) is 43.3 Å². The second kappa shape index (κ2) is 7.97. The van der Waals surface area contributed by atoms with Crippen LogP contribution in [0, 0.1) is 5.41 Å². The minimum atomic E-state index is -0.276. The Morgan fingerprint density at radius 3 is 2.58 bits per heavy atom. The molecule has 5 nitrogen and oxygen atoms in total. The zero-order valence-electron chi connectivity index (χ0n) is 13.4. The molecule has 0 aromatic heterocycles. The number of benzene rings is 2. The third-order valence-electron chi connectivity index (χ3n) is 3.83. The summed E-state index contributed by atoms with van der Waals surface area (Å²) < 4.78 is 5.48. The molecule has 1 aliphatic rings. The van der Waals surface area contributed by atoms with Crippen LogP contribution in [0.15, 0.2) is 48.5 Å². The van der Waals surface area contributed by atoms with Crippen molar-refractivity contribution in [3.63, 3.8) is 0 Å². The smallest absolute Gasteiger partial charge is 0.276 e. The van der Waals surface area contributed by atoms with E-state index in [0.717, 1.165) is 17.5 Å². The molecule has 0 radical (unpaired) electrons. The average Bonchev–Trinajstić information content (AvgIpc) is 2.90. The minimum absolute atomic E-state index is 0. The number of rotatable bonds is 5. The van der Waals surface area contributed by atoms with Crippen molar-refractivity contribution >= 4 is 11.7 Å². The van der Waals surface area contributed by atoms with E-state index in [1.807, 2.05) is 48.5 Å². The predicted molar refractivity (Wildman–Crippen MR) is 88.3 cm³/mol. The van der Waals surface area contributed by atoms with Gasteiger partial charge in [0.25, 0.3) is 5.91 Å². The van der Waals surface area contributed by atoms with Gasteiger partial charge in [-0.05, 0) is 29.7 Å². The number of carbonyl (C=O) groups is 1. The molecule has 2 N–H and O–H groups in total. The summed E-state index contributed by atoms with van der Waals surface area (Å²) in [5.74, 6) is 0.695. The van der Waals surface area contributed by atoms with E-state index in [1.165, 1.54) is 10.6 Å². The Morgan fingerprint density at radius 2 is 1.92 bits per heavy atom. The molecule has 0 unspecified atom stereocenters. The third-order valence-corrected chi connectivity index (χ3v) is 3.83. The molecule has 2 aromatic rings. The zero-order valence-corrected chi connectivity index (χ0v) is 15.0. The summed E-state index contributed by atoms with van der Waals surface area (Å²) in [5, 5.41) is 9.63. The van der Waals surface area contributed by atoms with Crippen LogP contribution in [0.2, 0.25) is 0 Å². The highest BCUT2D eigenvalue weighted by atomic mass is 79.9. The van der Waals surface area contributed by atoms with Crippen molar-refractivity contribution < 1.29 is 26.5 Å². The molecule has 1 heterocycles. The van der Waals surface area contributed by atoms with Crippen molar-refractivity contribution in [1.82, 2.24) is 10.4 Å². The molecular formula is C18H19BrN3O2-. The molecule has 0 spiro atoms. The summed E-state index contributed by atoms with van der Waals surface area (Å²) >= 11 is 0. The van der Waals surface area contributed by atoms with E-state index in [4.69, 9.17) is 10.1 Å². The standard InChI is InChI=1S/C18H19N3O2.BrH/c1-2-13-7-9-15(10-8-13)23-12-17(22)20-21-11-14-5-3-4-6-16(14)18(21)19;/h3-10,19H,2,11-12H2,1H3,(H,20,22);1H/p-1. The van der Waals surface area contributed by atoms with E-state index in [1.54, 1.807) is 0 Å². The molecule has 3 rings (SSSR count). The van der Waals surface area contributed by atoms with Gasteiger partial charge in [-0.3, -0.25) is 20.6 Å². The monoisotopic (exact) mass is 388 g/mol. The quantitative estimate of drug-likeness (QED) is 0.725. The summed E-state index contributed by atoms with van der Waals surface area (Å²) in [4.78, 5) is 12.0. The first-order chi connectivity index (χ1) is 11.2. The lowest BCUT2D eigenvalue weighted by Gasteiger charge is -2.19. The van der Waals surface area contributed by atoms with Gasteiger partial charge < -0.3 is 21.7 Å². The van der Waals surface area contributed by atoms with Crippen molar-refractivity contribution in [2.75, 3.05) is 6.61 Å². The van der Waals surface area contributed by atoms with Gasteiger partial charge in [0.2, 0.25) is 0 Å². The number of amidine groups is 1. The van der Waals surface area contributed by atoms with Gasteiger partial charge in [-0.2, -0.15) is 0 Å². The molecule has 0 saturated heterocycles. The zero-order chi connectivity index (χ0) is 16.2. The van der Waals surface area contributed by atoms with Gasteiger partial charge in [-0.25, -0.2) is 0 Å². The molecule has 0 atom stereocenters. The number of hydrogen-bond acceptors (Lipinski definition) is 3. The number of hydrazine groups is 1. The van der Waals surface area contributed by atoms with Gasteiger partial charge in [-0.15, -0.1) is 0 Å². The summed E-state index contributed by atoms with van der Waals surface area (Å²) in [5.41, 5.74) is 5.83. The molecule has 24 heavy (non-hydrogen) atoms. The Balaban J connectivity index is 0.00000208. The van der Waals surface area contributed by atoms with Crippen LogP contribution >= 0.6 is 0 Å². The summed E-state index contributed by atoms with van der Waals surface area (Å²) in [7, 11) is 0. The van der Waals surface area contributed by atoms with Crippen molar-refractivity contribution in [2.24, 2.45) is 0 Å². The van der Waals surface area contributed by atoms with Crippen molar-refractivity contribution in [3.8, 4) is 5.75 Å². The Hall–Kier alpha value is -2.34. The van der Waals surface area contributed by atoms with Crippen LogP contribution in [0.5, 0.6) is 5.75 Å². The fourth-order valence-electron chi connectivity index (χ4n) is 2.53. The molecule has 0 fully saturated rings. The molecule has 126 valence electrons. The van der Waals surface area contributed by atoms with Crippen LogP contribution in [0.1, 0.15) is 23.6 Å². The number of nitrogens with one attached hydrogen (secondary N) is 2. The fourth-order valence-corrected chi connectivity index (χ4v) is 2.53. The molecule has 6 heteroatoms. The number of halogens is 1. The highest BCUT2D eigenvalue weighted by Gasteiger charge is 2.24. The normalized spacial score (nSPS) is 12.4. The molecular weight excluding hydrogens is 370 g/mol. The van der Waals surface area contributed by atoms with Gasteiger partial charge in [0.15, 0.2) is 6.61 Å². The van der Waals surface area contributed by atoms with Crippen LogP contribution in [0.4, 0.5) is 0 Å². The number of hydrogen-bond donors (Lipinski definition) is 2. The second-order valence-electron chi connectivity index (χ2n) is 5.41. The molecule has 0 saturated carbocycles. The average molecular weight is 389 g/mol. The van der Waals surface area contributed by atoms with Gasteiger partial charge in [0, 0.05) is 5.56 Å². The van der Waals surface area contributed by atoms with E-state index in [0.29, 0.717) is 18.1 Å². The maximum atomic E-state index is 12.0. The minimum Gasteiger partial charge on any atom is -1.00 e. The first kappa shape index (κ1) is 18.0. The summed E-state index contributed by atoms with van der Waals surface area (Å²) in [6.07, 6.45) is 0.971. The number of ether oxygens (including phenoxy) is 1. The first-order valence-electron chi connectivity index (χ1n) is 7.63. The van der Waals surface area contributed by atoms with Gasteiger partial charge in [0.05, 0.1) is 6.54 Å². The molecule has 2 aromatic carbocycles. The summed E-state index contributed by atoms with van der Waals surface area (Å²) in [6.45, 7) is 2.52. The first-order valence-corrected chi connectivity index (χ1v) is 7.63. The van der Waals surface area contributed by atoms with E-state index < -0.39 is 0 Å². The van der Waals surface area contributed by atoms with Crippen LogP contribution < -0.4 is 27.1 Å². The molecule has 0 bridgehead atoms. The Bertz CT molecular complexity index is 731. The Morgan fingerprint density at radius 1 is 1.21 bits per heavy atom.